The Balaban J connectivity index is 1.91. The number of piperidine rings is 1. The summed E-state index contributed by atoms with van der Waals surface area (Å²) in [7, 11) is 0. The molecule has 3 aliphatic rings. The van der Waals surface area contributed by atoms with Crippen LogP contribution in [-0.2, 0) is 4.84 Å². The lowest BCUT2D eigenvalue weighted by Crippen LogP contribution is -2.67. The van der Waals surface area contributed by atoms with E-state index in [1.807, 2.05) is 0 Å². The number of carboxylic acid groups (broad SMARTS) is 1. The van der Waals surface area contributed by atoms with Crippen molar-refractivity contribution in [3.63, 3.8) is 0 Å². The SMILES string of the molecule is O=C(O)ON1C2CNCC1C2. The molecule has 0 spiro atoms. The fraction of sp³-hybridized carbons (Fsp3) is 0.833. The molecule has 3 rings (SSSR count). The summed E-state index contributed by atoms with van der Waals surface area (Å²) in [5.74, 6) is 0. The zero-order valence-corrected chi connectivity index (χ0v) is 5.99. The minimum atomic E-state index is -1.21. The Labute approximate surface area is 63.9 Å². The van der Waals surface area contributed by atoms with Crippen molar-refractivity contribution in [1.29, 1.82) is 0 Å². The van der Waals surface area contributed by atoms with Gasteiger partial charge in [0.25, 0.3) is 0 Å². The van der Waals surface area contributed by atoms with E-state index >= 15 is 0 Å². The van der Waals surface area contributed by atoms with E-state index in [-0.39, 0.29) is 12.1 Å². The van der Waals surface area contributed by atoms with Crippen LogP contribution in [0.3, 0.4) is 0 Å². The number of hydroxylamine groups is 2. The Kier molecular flexibility index (Phi) is 1.47. The van der Waals surface area contributed by atoms with Gasteiger partial charge >= 0.3 is 6.16 Å². The van der Waals surface area contributed by atoms with Crippen molar-refractivity contribution < 1.29 is 14.7 Å². The van der Waals surface area contributed by atoms with Crippen LogP contribution in [0.2, 0.25) is 0 Å². The number of nitrogens with zero attached hydrogens (tertiary/aromatic N) is 1. The quantitative estimate of drug-likeness (QED) is 0.545. The first-order chi connectivity index (χ1) is 5.27. The van der Waals surface area contributed by atoms with Crippen molar-refractivity contribution in [1.82, 2.24) is 10.4 Å². The molecule has 0 amide bonds. The Morgan fingerprint density at radius 3 is 2.64 bits per heavy atom. The minimum absolute atomic E-state index is 0.268. The minimum Gasteiger partial charge on any atom is -0.448 e. The van der Waals surface area contributed by atoms with Crippen LogP contribution in [0.25, 0.3) is 0 Å². The van der Waals surface area contributed by atoms with Gasteiger partial charge in [0.05, 0.1) is 12.1 Å². The lowest BCUT2D eigenvalue weighted by atomic mass is 9.92. The van der Waals surface area contributed by atoms with Crippen molar-refractivity contribution in [2.75, 3.05) is 13.1 Å². The predicted octanol–water partition coefficient (Wildman–Crippen LogP) is -0.358. The topological polar surface area (TPSA) is 61.8 Å². The molecular weight excluding hydrogens is 148 g/mol. The highest BCUT2D eigenvalue weighted by Gasteiger charge is 2.44. The molecule has 0 aromatic carbocycles. The molecule has 0 radical (unpaired) electrons. The van der Waals surface area contributed by atoms with Crippen LogP contribution < -0.4 is 5.32 Å². The van der Waals surface area contributed by atoms with Crippen LogP contribution in [0.1, 0.15) is 6.42 Å². The summed E-state index contributed by atoms with van der Waals surface area (Å²) in [6.45, 7) is 1.67. The standard InChI is InChI=1S/C6H10N2O3/c9-6(10)11-8-4-1-5(8)3-7-2-4/h4-5,7H,1-3H2,(H,9,10). The smallest absolute Gasteiger partial charge is 0.448 e. The van der Waals surface area contributed by atoms with Gasteiger partial charge in [-0.3, -0.25) is 0 Å². The maximum atomic E-state index is 10.1. The molecule has 3 saturated heterocycles. The predicted molar refractivity (Wildman–Crippen MR) is 36.0 cm³/mol. The first-order valence-corrected chi connectivity index (χ1v) is 3.67. The number of hydrogen-bond donors (Lipinski definition) is 2. The van der Waals surface area contributed by atoms with Crippen molar-refractivity contribution in [3.05, 3.63) is 0 Å². The second-order valence-electron chi connectivity index (χ2n) is 2.92. The Bertz CT molecular complexity index is 171. The maximum absolute atomic E-state index is 10.1. The van der Waals surface area contributed by atoms with E-state index in [1.165, 1.54) is 0 Å². The van der Waals surface area contributed by atoms with Gasteiger partial charge in [-0.25, -0.2) is 4.79 Å². The Morgan fingerprint density at radius 1 is 1.55 bits per heavy atom. The van der Waals surface area contributed by atoms with Gasteiger partial charge in [-0.1, -0.05) is 0 Å². The molecule has 2 N–H and O–H groups in total. The van der Waals surface area contributed by atoms with Gasteiger partial charge in [0, 0.05) is 13.1 Å². The number of fused-ring (bicyclic) bond motifs is 2. The number of rotatable bonds is 1. The number of hydrogen-bond acceptors (Lipinski definition) is 4. The molecule has 3 aliphatic heterocycles. The van der Waals surface area contributed by atoms with E-state index < -0.39 is 6.16 Å². The van der Waals surface area contributed by atoms with E-state index in [9.17, 15) is 4.79 Å². The second-order valence-corrected chi connectivity index (χ2v) is 2.92. The zero-order chi connectivity index (χ0) is 7.84. The van der Waals surface area contributed by atoms with E-state index in [0.29, 0.717) is 0 Å². The van der Waals surface area contributed by atoms with E-state index in [1.54, 1.807) is 5.06 Å². The monoisotopic (exact) mass is 158 g/mol. The molecule has 0 saturated carbocycles. The molecule has 0 aromatic rings. The highest BCUT2D eigenvalue weighted by molar-refractivity contribution is 5.56. The molecule has 3 heterocycles. The largest absolute Gasteiger partial charge is 0.525 e. The zero-order valence-electron chi connectivity index (χ0n) is 5.99. The van der Waals surface area contributed by atoms with Gasteiger partial charge < -0.3 is 15.3 Å². The third kappa shape index (κ3) is 1.06. The van der Waals surface area contributed by atoms with Gasteiger partial charge in [-0.05, 0) is 6.42 Å². The first-order valence-electron chi connectivity index (χ1n) is 3.67. The van der Waals surface area contributed by atoms with Crippen molar-refractivity contribution in [3.8, 4) is 0 Å². The van der Waals surface area contributed by atoms with E-state index in [2.05, 4.69) is 10.2 Å². The van der Waals surface area contributed by atoms with Crippen LogP contribution in [0.5, 0.6) is 0 Å². The highest BCUT2D eigenvalue weighted by atomic mass is 16.8. The van der Waals surface area contributed by atoms with E-state index in [4.69, 9.17) is 5.11 Å². The molecule has 2 atom stereocenters. The summed E-state index contributed by atoms with van der Waals surface area (Å²) in [6, 6.07) is 0.537. The lowest BCUT2D eigenvalue weighted by molar-refractivity contribution is -0.241. The Morgan fingerprint density at radius 2 is 2.18 bits per heavy atom. The molecular formula is C6H10N2O3. The molecule has 5 heteroatoms. The normalized spacial score (nSPS) is 36.0. The van der Waals surface area contributed by atoms with Crippen molar-refractivity contribution in [2.24, 2.45) is 0 Å². The average Bonchev–Trinajstić information content (AvgIpc) is 2.01. The molecule has 0 aliphatic carbocycles. The fourth-order valence-electron chi connectivity index (χ4n) is 1.68. The summed E-state index contributed by atoms with van der Waals surface area (Å²) >= 11 is 0. The molecule has 0 aromatic heterocycles. The molecule has 62 valence electrons. The summed E-state index contributed by atoms with van der Waals surface area (Å²) < 4.78 is 0. The van der Waals surface area contributed by atoms with Gasteiger partial charge in [0.15, 0.2) is 0 Å². The van der Waals surface area contributed by atoms with Crippen LogP contribution in [0.4, 0.5) is 4.79 Å². The number of piperazine rings is 1. The molecule has 11 heavy (non-hydrogen) atoms. The van der Waals surface area contributed by atoms with Gasteiger partial charge in [0.1, 0.15) is 0 Å². The molecule has 3 fully saturated rings. The molecule has 5 nitrogen and oxygen atoms in total. The number of carbonyl (C=O) groups is 1. The summed E-state index contributed by atoms with van der Waals surface area (Å²) in [5.41, 5.74) is 0. The van der Waals surface area contributed by atoms with Crippen LogP contribution in [0.15, 0.2) is 0 Å². The van der Waals surface area contributed by atoms with Crippen LogP contribution in [0, 0.1) is 0 Å². The molecule has 2 bridgehead atoms. The highest BCUT2D eigenvalue weighted by Crippen LogP contribution is 2.28. The average molecular weight is 158 g/mol. The summed E-state index contributed by atoms with van der Waals surface area (Å²) in [4.78, 5) is 14.7. The van der Waals surface area contributed by atoms with Crippen molar-refractivity contribution >= 4 is 6.16 Å². The summed E-state index contributed by atoms with van der Waals surface area (Å²) in [6.07, 6.45) is -0.151. The van der Waals surface area contributed by atoms with Gasteiger partial charge in [-0.2, -0.15) is 0 Å². The summed E-state index contributed by atoms with van der Waals surface area (Å²) in [5, 5.41) is 13.1. The Hall–Kier alpha value is -0.810. The van der Waals surface area contributed by atoms with Gasteiger partial charge in [0.2, 0.25) is 0 Å². The van der Waals surface area contributed by atoms with Crippen LogP contribution >= 0.6 is 0 Å². The third-order valence-corrected chi connectivity index (χ3v) is 2.21. The number of nitrogens with one attached hydrogen (secondary N) is 1. The van der Waals surface area contributed by atoms with Crippen LogP contribution in [-0.4, -0.2) is 41.5 Å². The third-order valence-electron chi connectivity index (χ3n) is 2.21. The van der Waals surface area contributed by atoms with Gasteiger partial charge in [-0.15, -0.1) is 5.06 Å². The second kappa shape index (κ2) is 2.35. The first kappa shape index (κ1) is 6.87. The lowest BCUT2D eigenvalue weighted by Gasteiger charge is -2.49. The fourth-order valence-corrected chi connectivity index (χ4v) is 1.68. The van der Waals surface area contributed by atoms with E-state index in [0.717, 1.165) is 19.5 Å². The maximum Gasteiger partial charge on any atom is 0.525 e. The molecule has 2 unspecified atom stereocenters. The van der Waals surface area contributed by atoms with Crippen molar-refractivity contribution in [2.45, 2.75) is 18.5 Å².